The van der Waals surface area contributed by atoms with Crippen LogP contribution in [0.1, 0.15) is 53.7 Å². The third kappa shape index (κ3) is 3.70. The number of hydrogen-bond donors (Lipinski definition) is 1. The minimum atomic E-state index is -0.191. The molecule has 2 atom stereocenters. The Hall–Kier alpha value is -1.67. The van der Waals surface area contributed by atoms with Gasteiger partial charge in [-0.3, -0.25) is 0 Å². The second kappa shape index (κ2) is 6.40. The van der Waals surface area contributed by atoms with E-state index in [0.29, 0.717) is 0 Å². The van der Waals surface area contributed by atoms with Gasteiger partial charge in [-0.15, -0.1) is 0 Å². The number of rotatable bonds is 4. The first-order valence-corrected chi connectivity index (χ1v) is 7.47. The summed E-state index contributed by atoms with van der Waals surface area (Å²) in [5.74, 6) is -0.191. The Balaban J connectivity index is 2.15. The van der Waals surface area contributed by atoms with Gasteiger partial charge in [-0.25, -0.2) is 4.39 Å². The third-order valence-corrected chi connectivity index (χ3v) is 4.22. The lowest BCUT2D eigenvalue weighted by Gasteiger charge is -2.23. The molecule has 0 spiro atoms. The Morgan fingerprint density at radius 3 is 2.00 bits per heavy atom. The van der Waals surface area contributed by atoms with E-state index in [2.05, 4.69) is 52.1 Å². The van der Waals surface area contributed by atoms with Crippen LogP contribution in [0.3, 0.4) is 0 Å². The second-order valence-electron chi connectivity index (χ2n) is 5.95. The SMILES string of the molecule is Cc1cc(C)c(C(C)N[C@H](C)c2ccc(F)cc2)cc1C. The summed E-state index contributed by atoms with van der Waals surface area (Å²) in [4.78, 5) is 0. The molecule has 0 aromatic heterocycles. The first-order chi connectivity index (χ1) is 9.88. The number of nitrogens with one attached hydrogen (secondary N) is 1. The third-order valence-electron chi connectivity index (χ3n) is 4.22. The zero-order chi connectivity index (χ0) is 15.6. The van der Waals surface area contributed by atoms with Gasteiger partial charge in [-0.2, -0.15) is 0 Å². The molecule has 1 unspecified atom stereocenters. The fraction of sp³-hybridized carbons (Fsp3) is 0.368. The summed E-state index contributed by atoms with van der Waals surface area (Å²) in [5, 5.41) is 3.60. The second-order valence-corrected chi connectivity index (χ2v) is 5.95. The molecule has 1 N–H and O–H groups in total. The van der Waals surface area contributed by atoms with E-state index in [1.165, 1.54) is 34.4 Å². The van der Waals surface area contributed by atoms with Gasteiger partial charge in [-0.05, 0) is 74.6 Å². The van der Waals surface area contributed by atoms with Crippen molar-refractivity contribution in [3.8, 4) is 0 Å². The Kier molecular flexibility index (Phi) is 4.79. The molecular weight excluding hydrogens is 261 g/mol. The van der Waals surface area contributed by atoms with Crippen LogP contribution >= 0.6 is 0 Å². The summed E-state index contributed by atoms with van der Waals surface area (Å²) < 4.78 is 13.0. The molecule has 0 saturated heterocycles. The van der Waals surface area contributed by atoms with Crippen molar-refractivity contribution < 1.29 is 4.39 Å². The maximum atomic E-state index is 13.0. The van der Waals surface area contributed by atoms with E-state index in [0.717, 1.165) is 5.56 Å². The molecule has 0 aliphatic heterocycles. The minimum absolute atomic E-state index is 0.182. The highest BCUT2D eigenvalue weighted by Gasteiger charge is 2.14. The van der Waals surface area contributed by atoms with E-state index in [-0.39, 0.29) is 17.9 Å². The van der Waals surface area contributed by atoms with Crippen LogP contribution < -0.4 is 5.32 Å². The molecule has 2 aromatic rings. The molecule has 2 aromatic carbocycles. The molecule has 0 fully saturated rings. The largest absolute Gasteiger partial charge is 0.304 e. The number of hydrogen-bond acceptors (Lipinski definition) is 1. The van der Waals surface area contributed by atoms with Crippen molar-refractivity contribution in [1.29, 1.82) is 0 Å². The van der Waals surface area contributed by atoms with Crippen molar-refractivity contribution in [3.05, 3.63) is 70.0 Å². The maximum absolute atomic E-state index is 13.0. The van der Waals surface area contributed by atoms with Gasteiger partial charge in [0.25, 0.3) is 0 Å². The molecule has 1 nitrogen and oxygen atoms in total. The summed E-state index contributed by atoms with van der Waals surface area (Å²) in [6, 6.07) is 11.6. The Morgan fingerprint density at radius 1 is 0.810 bits per heavy atom. The average Bonchev–Trinajstić information content (AvgIpc) is 2.43. The number of halogens is 1. The lowest BCUT2D eigenvalue weighted by Crippen LogP contribution is -2.23. The molecule has 2 heteroatoms. The van der Waals surface area contributed by atoms with Crippen molar-refractivity contribution in [2.75, 3.05) is 0 Å². The van der Waals surface area contributed by atoms with Gasteiger partial charge in [-0.1, -0.05) is 24.3 Å². The fourth-order valence-electron chi connectivity index (χ4n) is 2.76. The normalized spacial score (nSPS) is 14.0. The van der Waals surface area contributed by atoms with Crippen LogP contribution in [0.4, 0.5) is 4.39 Å². The molecule has 112 valence electrons. The van der Waals surface area contributed by atoms with Gasteiger partial charge >= 0.3 is 0 Å². The lowest BCUT2D eigenvalue weighted by molar-refractivity contribution is 0.492. The van der Waals surface area contributed by atoms with Crippen molar-refractivity contribution in [2.45, 2.75) is 46.7 Å². The van der Waals surface area contributed by atoms with Gasteiger partial charge in [0.1, 0.15) is 5.82 Å². The molecule has 0 saturated carbocycles. The minimum Gasteiger partial charge on any atom is -0.304 e. The monoisotopic (exact) mass is 285 g/mol. The van der Waals surface area contributed by atoms with Crippen LogP contribution in [-0.2, 0) is 0 Å². The van der Waals surface area contributed by atoms with Crippen LogP contribution in [0.25, 0.3) is 0 Å². The molecule has 21 heavy (non-hydrogen) atoms. The van der Waals surface area contributed by atoms with Crippen LogP contribution in [-0.4, -0.2) is 0 Å². The quantitative estimate of drug-likeness (QED) is 0.818. The highest BCUT2D eigenvalue weighted by molar-refractivity contribution is 5.38. The van der Waals surface area contributed by atoms with Gasteiger partial charge < -0.3 is 5.32 Å². The summed E-state index contributed by atoms with van der Waals surface area (Å²) in [7, 11) is 0. The Morgan fingerprint density at radius 2 is 1.38 bits per heavy atom. The standard InChI is InChI=1S/C19H24FN/c1-12-10-14(3)19(11-13(12)2)16(5)21-15(4)17-6-8-18(20)9-7-17/h6-11,15-16,21H,1-5H3/t15-,16?/m1/s1. The molecule has 0 heterocycles. The number of aryl methyl sites for hydroxylation is 3. The average molecular weight is 285 g/mol. The van der Waals surface area contributed by atoms with E-state index in [4.69, 9.17) is 0 Å². The molecule has 0 amide bonds. The van der Waals surface area contributed by atoms with Crippen LogP contribution in [0.2, 0.25) is 0 Å². The molecule has 0 radical (unpaired) electrons. The summed E-state index contributed by atoms with van der Waals surface area (Å²) in [5.41, 5.74) is 6.38. The van der Waals surface area contributed by atoms with Gasteiger partial charge in [0.15, 0.2) is 0 Å². The van der Waals surface area contributed by atoms with Crippen molar-refractivity contribution >= 4 is 0 Å². The lowest BCUT2D eigenvalue weighted by atomic mass is 9.95. The zero-order valence-electron chi connectivity index (χ0n) is 13.5. The van der Waals surface area contributed by atoms with Crippen LogP contribution in [0, 0.1) is 26.6 Å². The predicted octanol–water partition coefficient (Wildman–Crippen LogP) is 5.16. The first kappa shape index (κ1) is 15.7. The Bertz CT molecular complexity index is 616. The molecule has 2 rings (SSSR count). The topological polar surface area (TPSA) is 12.0 Å². The van der Waals surface area contributed by atoms with Gasteiger partial charge in [0.05, 0.1) is 0 Å². The summed E-state index contributed by atoms with van der Waals surface area (Å²) in [6.07, 6.45) is 0. The fourth-order valence-corrected chi connectivity index (χ4v) is 2.76. The smallest absolute Gasteiger partial charge is 0.123 e. The van der Waals surface area contributed by atoms with Gasteiger partial charge in [0, 0.05) is 12.1 Å². The van der Waals surface area contributed by atoms with E-state index < -0.39 is 0 Å². The zero-order valence-corrected chi connectivity index (χ0v) is 13.5. The van der Waals surface area contributed by atoms with E-state index in [1.807, 2.05) is 12.1 Å². The van der Waals surface area contributed by atoms with Crippen molar-refractivity contribution in [3.63, 3.8) is 0 Å². The number of benzene rings is 2. The van der Waals surface area contributed by atoms with Crippen molar-refractivity contribution in [2.24, 2.45) is 0 Å². The Labute approximate surface area is 127 Å². The van der Waals surface area contributed by atoms with Crippen LogP contribution in [0.5, 0.6) is 0 Å². The molecule has 0 bridgehead atoms. The van der Waals surface area contributed by atoms with E-state index in [9.17, 15) is 4.39 Å². The maximum Gasteiger partial charge on any atom is 0.123 e. The first-order valence-electron chi connectivity index (χ1n) is 7.47. The predicted molar refractivity (Wildman–Crippen MR) is 87.0 cm³/mol. The summed E-state index contributed by atoms with van der Waals surface area (Å²) in [6.45, 7) is 10.7. The van der Waals surface area contributed by atoms with Gasteiger partial charge in [0.2, 0.25) is 0 Å². The molecule has 0 aliphatic carbocycles. The highest BCUT2D eigenvalue weighted by Crippen LogP contribution is 2.24. The van der Waals surface area contributed by atoms with Crippen molar-refractivity contribution in [1.82, 2.24) is 5.32 Å². The summed E-state index contributed by atoms with van der Waals surface area (Å²) >= 11 is 0. The molecular formula is C19H24FN. The highest BCUT2D eigenvalue weighted by atomic mass is 19.1. The van der Waals surface area contributed by atoms with E-state index in [1.54, 1.807) is 0 Å². The van der Waals surface area contributed by atoms with Crippen LogP contribution in [0.15, 0.2) is 36.4 Å². The molecule has 0 aliphatic rings. The van der Waals surface area contributed by atoms with E-state index >= 15 is 0 Å².